The Morgan fingerprint density at radius 1 is 1.38 bits per heavy atom. The van der Waals surface area contributed by atoms with Gasteiger partial charge in [0.15, 0.2) is 0 Å². The van der Waals surface area contributed by atoms with Gasteiger partial charge in [0.2, 0.25) is 0 Å². The molecule has 88 valence electrons. The number of aliphatic hydroxyl groups excluding tert-OH is 1. The number of rotatable bonds is 3. The fraction of sp³-hybridized carbons (Fsp3) is 0.571. The number of anilines is 1. The van der Waals surface area contributed by atoms with E-state index >= 15 is 0 Å². The molecule has 0 aliphatic carbocycles. The SMILES string of the molecule is CC[C@@H](O)c1ccc(N2CCC(C)C2)cc1. The van der Waals surface area contributed by atoms with Crippen molar-refractivity contribution < 1.29 is 5.11 Å². The predicted molar refractivity (Wildman–Crippen MR) is 67.7 cm³/mol. The second-order valence-corrected chi connectivity index (χ2v) is 4.86. The van der Waals surface area contributed by atoms with Crippen LogP contribution in [0.4, 0.5) is 5.69 Å². The van der Waals surface area contributed by atoms with E-state index in [4.69, 9.17) is 0 Å². The van der Waals surface area contributed by atoms with E-state index in [9.17, 15) is 5.11 Å². The fourth-order valence-electron chi connectivity index (χ4n) is 2.31. The van der Waals surface area contributed by atoms with Crippen molar-refractivity contribution in [3.8, 4) is 0 Å². The molecule has 1 fully saturated rings. The first kappa shape index (κ1) is 11.5. The summed E-state index contributed by atoms with van der Waals surface area (Å²) in [5.41, 5.74) is 2.31. The van der Waals surface area contributed by atoms with Gasteiger partial charge in [-0.05, 0) is 36.5 Å². The minimum atomic E-state index is -0.313. The van der Waals surface area contributed by atoms with Gasteiger partial charge in [-0.15, -0.1) is 0 Å². The maximum Gasteiger partial charge on any atom is 0.0787 e. The summed E-state index contributed by atoms with van der Waals surface area (Å²) >= 11 is 0. The molecular formula is C14H21NO. The monoisotopic (exact) mass is 219 g/mol. The largest absolute Gasteiger partial charge is 0.388 e. The van der Waals surface area contributed by atoms with E-state index in [1.807, 2.05) is 19.1 Å². The molecule has 2 heteroatoms. The second-order valence-electron chi connectivity index (χ2n) is 4.86. The lowest BCUT2D eigenvalue weighted by molar-refractivity contribution is 0.173. The average molecular weight is 219 g/mol. The van der Waals surface area contributed by atoms with Crippen LogP contribution in [-0.4, -0.2) is 18.2 Å². The van der Waals surface area contributed by atoms with Gasteiger partial charge in [-0.1, -0.05) is 26.0 Å². The maximum absolute atomic E-state index is 9.71. The molecule has 2 rings (SSSR count). The third kappa shape index (κ3) is 2.38. The minimum Gasteiger partial charge on any atom is -0.388 e. The molecule has 0 radical (unpaired) electrons. The lowest BCUT2D eigenvalue weighted by Gasteiger charge is -2.19. The normalized spacial score (nSPS) is 22.4. The first-order valence-electron chi connectivity index (χ1n) is 6.23. The first-order chi connectivity index (χ1) is 7.70. The molecule has 0 spiro atoms. The summed E-state index contributed by atoms with van der Waals surface area (Å²) < 4.78 is 0. The quantitative estimate of drug-likeness (QED) is 0.844. The zero-order valence-electron chi connectivity index (χ0n) is 10.2. The molecule has 1 aliphatic heterocycles. The summed E-state index contributed by atoms with van der Waals surface area (Å²) in [4.78, 5) is 2.42. The molecule has 1 N–H and O–H groups in total. The van der Waals surface area contributed by atoms with Crippen molar-refractivity contribution in [1.82, 2.24) is 0 Å². The van der Waals surface area contributed by atoms with E-state index in [1.165, 1.54) is 12.1 Å². The first-order valence-corrected chi connectivity index (χ1v) is 6.23. The molecule has 0 bridgehead atoms. The van der Waals surface area contributed by atoms with Gasteiger partial charge in [0, 0.05) is 18.8 Å². The minimum absolute atomic E-state index is 0.313. The molecule has 0 saturated carbocycles. The van der Waals surface area contributed by atoms with Crippen molar-refractivity contribution in [2.45, 2.75) is 32.8 Å². The van der Waals surface area contributed by atoms with Gasteiger partial charge in [-0.3, -0.25) is 0 Å². The van der Waals surface area contributed by atoms with Crippen molar-refractivity contribution in [2.24, 2.45) is 5.92 Å². The van der Waals surface area contributed by atoms with E-state index in [-0.39, 0.29) is 6.10 Å². The van der Waals surface area contributed by atoms with Gasteiger partial charge in [0.1, 0.15) is 0 Å². The number of benzene rings is 1. The van der Waals surface area contributed by atoms with Gasteiger partial charge in [0.25, 0.3) is 0 Å². The number of hydrogen-bond donors (Lipinski definition) is 1. The van der Waals surface area contributed by atoms with Gasteiger partial charge < -0.3 is 10.0 Å². The van der Waals surface area contributed by atoms with Gasteiger partial charge in [-0.2, -0.15) is 0 Å². The van der Waals surface area contributed by atoms with Gasteiger partial charge >= 0.3 is 0 Å². The number of nitrogens with zero attached hydrogens (tertiary/aromatic N) is 1. The highest BCUT2D eigenvalue weighted by molar-refractivity contribution is 5.48. The number of aliphatic hydroxyl groups is 1. The van der Waals surface area contributed by atoms with Crippen molar-refractivity contribution >= 4 is 5.69 Å². The van der Waals surface area contributed by atoms with Crippen LogP contribution in [0, 0.1) is 5.92 Å². The van der Waals surface area contributed by atoms with Gasteiger partial charge in [0.05, 0.1) is 6.10 Å². The summed E-state index contributed by atoms with van der Waals surface area (Å²) in [6.45, 7) is 6.63. The highest BCUT2D eigenvalue weighted by atomic mass is 16.3. The lowest BCUT2D eigenvalue weighted by Crippen LogP contribution is -2.18. The molecular weight excluding hydrogens is 198 g/mol. The molecule has 0 amide bonds. The highest BCUT2D eigenvalue weighted by Gasteiger charge is 2.18. The van der Waals surface area contributed by atoms with Crippen LogP contribution in [0.25, 0.3) is 0 Å². The lowest BCUT2D eigenvalue weighted by atomic mass is 10.1. The third-order valence-corrected chi connectivity index (χ3v) is 3.45. The average Bonchev–Trinajstić information content (AvgIpc) is 2.75. The molecule has 1 aliphatic rings. The van der Waals surface area contributed by atoms with Crippen molar-refractivity contribution in [3.63, 3.8) is 0 Å². The Labute approximate surface area is 97.9 Å². The van der Waals surface area contributed by atoms with Crippen LogP contribution in [0.1, 0.15) is 38.4 Å². The van der Waals surface area contributed by atoms with E-state index in [2.05, 4.69) is 24.0 Å². The Balaban J connectivity index is 2.07. The molecule has 0 aromatic heterocycles. The van der Waals surface area contributed by atoms with Crippen molar-refractivity contribution in [3.05, 3.63) is 29.8 Å². The Kier molecular flexibility index (Phi) is 3.49. The summed E-state index contributed by atoms with van der Waals surface area (Å²) in [5, 5.41) is 9.71. The topological polar surface area (TPSA) is 23.5 Å². The summed E-state index contributed by atoms with van der Waals surface area (Å²) in [7, 11) is 0. The van der Waals surface area contributed by atoms with E-state index in [0.29, 0.717) is 0 Å². The maximum atomic E-state index is 9.71. The summed E-state index contributed by atoms with van der Waals surface area (Å²) in [6, 6.07) is 8.36. The van der Waals surface area contributed by atoms with Crippen LogP contribution in [0.15, 0.2) is 24.3 Å². The van der Waals surface area contributed by atoms with E-state index in [0.717, 1.165) is 31.0 Å². The smallest absolute Gasteiger partial charge is 0.0787 e. The molecule has 1 unspecified atom stereocenters. The highest BCUT2D eigenvalue weighted by Crippen LogP contribution is 2.25. The molecule has 1 aromatic carbocycles. The molecule has 1 heterocycles. The van der Waals surface area contributed by atoms with Crippen LogP contribution >= 0.6 is 0 Å². The summed E-state index contributed by atoms with van der Waals surface area (Å²) in [5.74, 6) is 0.806. The Bertz CT molecular complexity index is 333. The predicted octanol–water partition coefficient (Wildman–Crippen LogP) is 2.98. The van der Waals surface area contributed by atoms with E-state index in [1.54, 1.807) is 0 Å². The summed E-state index contributed by atoms with van der Waals surface area (Å²) in [6.07, 6.45) is 1.76. The fourth-order valence-corrected chi connectivity index (χ4v) is 2.31. The Morgan fingerprint density at radius 3 is 2.56 bits per heavy atom. The van der Waals surface area contributed by atoms with Crippen LogP contribution < -0.4 is 4.90 Å². The molecule has 1 saturated heterocycles. The molecule has 2 nitrogen and oxygen atoms in total. The Morgan fingerprint density at radius 2 is 2.06 bits per heavy atom. The molecule has 2 atom stereocenters. The second kappa shape index (κ2) is 4.88. The zero-order valence-corrected chi connectivity index (χ0v) is 10.2. The molecule has 16 heavy (non-hydrogen) atoms. The van der Waals surface area contributed by atoms with Crippen LogP contribution in [0.5, 0.6) is 0 Å². The zero-order chi connectivity index (χ0) is 11.5. The Hall–Kier alpha value is -1.02. The van der Waals surface area contributed by atoms with E-state index < -0.39 is 0 Å². The standard InChI is InChI=1S/C14H21NO/c1-3-14(16)12-4-6-13(7-5-12)15-9-8-11(2)10-15/h4-7,11,14,16H,3,8-10H2,1-2H3/t11?,14-/m1/s1. The van der Waals surface area contributed by atoms with Crippen LogP contribution in [0.3, 0.4) is 0 Å². The van der Waals surface area contributed by atoms with Gasteiger partial charge in [-0.25, -0.2) is 0 Å². The van der Waals surface area contributed by atoms with Crippen molar-refractivity contribution in [1.29, 1.82) is 0 Å². The molecule has 1 aromatic rings. The third-order valence-electron chi connectivity index (χ3n) is 3.45. The van der Waals surface area contributed by atoms with Crippen molar-refractivity contribution in [2.75, 3.05) is 18.0 Å². The van der Waals surface area contributed by atoms with Crippen LogP contribution in [0.2, 0.25) is 0 Å². The van der Waals surface area contributed by atoms with Crippen LogP contribution in [-0.2, 0) is 0 Å². The number of hydrogen-bond acceptors (Lipinski definition) is 2.